The van der Waals surface area contributed by atoms with E-state index in [4.69, 9.17) is 0 Å². The molecule has 0 amide bonds. The Hall–Kier alpha value is -2.36. The van der Waals surface area contributed by atoms with E-state index in [1.165, 1.54) is 10.4 Å². The molecule has 0 aliphatic heterocycles. The molecule has 0 unspecified atom stereocenters. The molecule has 2 aromatic carbocycles. The molecule has 0 atom stereocenters. The van der Waals surface area contributed by atoms with Gasteiger partial charge in [0.15, 0.2) is 0 Å². The summed E-state index contributed by atoms with van der Waals surface area (Å²) in [6.07, 6.45) is 0. The number of phenols is 1. The molecule has 1 N–H and O–H groups in total. The van der Waals surface area contributed by atoms with Gasteiger partial charge in [-0.3, -0.25) is 0 Å². The molecule has 21 heavy (non-hydrogen) atoms. The number of hydrogen-bond acceptors (Lipinski definition) is 3. The maximum Gasteiger partial charge on any atom is 0.146 e. The fourth-order valence-electron chi connectivity index (χ4n) is 2.97. The van der Waals surface area contributed by atoms with Crippen molar-refractivity contribution in [2.24, 2.45) is 0 Å². The fourth-order valence-corrected chi connectivity index (χ4v) is 2.97. The van der Waals surface area contributed by atoms with Crippen molar-refractivity contribution in [2.45, 2.75) is 33.6 Å². The van der Waals surface area contributed by atoms with E-state index in [2.05, 4.69) is 31.0 Å². The lowest BCUT2D eigenvalue weighted by atomic mass is 9.92. The minimum atomic E-state index is 0.254. The number of aryl methyl sites for hydroxylation is 1. The highest BCUT2D eigenvalue weighted by molar-refractivity contribution is 5.73. The number of benzene rings is 2. The van der Waals surface area contributed by atoms with Crippen LogP contribution < -0.4 is 0 Å². The zero-order valence-electron chi connectivity index (χ0n) is 12.8. The first-order chi connectivity index (χ1) is 9.99. The maximum atomic E-state index is 10.5. The van der Waals surface area contributed by atoms with E-state index in [0.29, 0.717) is 11.6 Å². The SMILES string of the molecule is Cc1cc(-n2nc3ccccc3n2)c(O)c(C)c1C(C)C. The Bertz CT molecular complexity index is 785. The number of fused-ring (bicyclic) bond motifs is 1. The minimum Gasteiger partial charge on any atom is -0.505 e. The third kappa shape index (κ3) is 2.17. The Morgan fingerprint density at radius 2 is 1.62 bits per heavy atom. The van der Waals surface area contributed by atoms with Crippen molar-refractivity contribution in [3.05, 3.63) is 47.0 Å². The molecule has 4 nitrogen and oxygen atoms in total. The van der Waals surface area contributed by atoms with Crippen LogP contribution in [0.2, 0.25) is 0 Å². The average molecular weight is 281 g/mol. The summed E-state index contributed by atoms with van der Waals surface area (Å²) >= 11 is 0. The number of rotatable bonds is 2. The molecule has 108 valence electrons. The van der Waals surface area contributed by atoms with Crippen molar-refractivity contribution < 1.29 is 5.11 Å². The van der Waals surface area contributed by atoms with Crippen LogP contribution in [0.1, 0.15) is 36.5 Å². The molecule has 0 spiro atoms. The maximum absolute atomic E-state index is 10.5. The van der Waals surface area contributed by atoms with Gasteiger partial charge in [-0.15, -0.1) is 15.0 Å². The van der Waals surface area contributed by atoms with Crippen molar-refractivity contribution in [1.82, 2.24) is 15.0 Å². The van der Waals surface area contributed by atoms with E-state index < -0.39 is 0 Å². The highest BCUT2D eigenvalue weighted by Crippen LogP contribution is 2.34. The Labute approximate surface area is 124 Å². The Balaban J connectivity index is 2.23. The van der Waals surface area contributed by atoms with Gasteiger partial charge in [0, 0.05) is 0 Å². The molecule has 4 heteroatoms. The number of nitrogens with zero attached hydrogens (tertiary/aromatic N) is 3. The van der Waals surface area contributed by atoms with Crippen LogP contribution in [0.5, 0.6) is 5.75 Å². The predicted octanol–water partition coefficient (Wildman–Crippen LogP) is 3.87. The zero-order chi connectivity index (χ0) is 15.1. The van der Waals surface area contributed by atoms with Gasteiger partial charge in [-0.25, -0.2) is 0 Å². The van der Waals surface area contributed by atoms with E-state index in [-0.39, 0.29) is 5.75 Å². The summed E-state index contributed by atoms with van der Waals surface area (Å²) in [4.78, 5) is 1.52. The Morgan fingerprint density at radius 1 is 1.05 bits per heavy atom. The van der Waals surface area contributed by atoms with Gasteiger partial charge in [-0.05, 0) is 54.7 Å². The highest BCUT2D eigenvalue weighted by atomic mass is 16.3. The lowest BCUT2D eigenvalue weighted by molar-refractivity contribution is 0.461. The third-order valence-corrected chi connectivity index (χ3v) is 3.86. The van der Waals surface area contributed by atoms with E-state index in [9.17, 15) is 5.11 Å². The molecule has 0 saturated carbocycles. The van der Waals surface area contributed by atoms with Gasteiger partial charge in [-0.2, -0.15) is 0 Å². The van der Waals surface area contributed by atoms with Crippen LogP contribution in [0.4, 0.5) is 0 Å². The van der Waals surface area contributed by atoms with E-state index in [1.54, 1.807) is 0 Å². The summed E-state index contributed by atoms with van der Waals surface area (Å²) in [6.45, 7) is 8.28. The van der Waals surface area contributed by atoms with Crippen LogP contribution >= 0.6 is 0 Å². The summed E-state index contributed by atoms with van der Waals surface area (Å²) < 4.78 is 0. The van der Waals surface area contributed by atoms with E-state index in [0.717, 1.165) is 22.2 Å². The lowest BCUT2D eigenvalue weighted by Gasteiger charge is -2.17. The summed E-state index contributed by atoms with van der Waals surface area (Å²) in [7, 11) is 0. The van der Waals surface area contributed by atoms with Crippen LogP contribution in [0.25, 0.3) is 16.7 Å². The first-order valence-corrected chi connectivity index (χ1v) is 7.14. The van der Waals surface area contributed by atoms with Crippen LogP contribution in [-0.2, 0) is 0 Å². The molecule has 1 aromatic heterocycles. The molecule has 0 aliphatic carbocycles. The molecule has 0 saturated heterocycles. The van der Waals surface area contributed by atoms with Crippen molar-refractivity contribution in [2.75, 3.05) is 0 Å². The molecular formula is C17H19N3O. The smallest absolute Gasteiger partial charge is 0.146 e. The third-order valence-electron chi connectivity index (χ3n) is 3.86. The summed E-state index contributed by atoms with van der Waals surface area (Å²) in [5.74, 6) is 0.624. The molecule has 3 rings (SSSR count). The topological polar surface area (TPSA) is 50.9 Å². The van der Waals surface area contributed by atoms with E-state index >= 15 is 0 Å². The van der Waals surface area contributed by atoms with Crippen molar-refractivity contribution in [1.29, 1.82) is 0 Å². The van der Waals surface area contributed by atoms with Gasteiger partial charge < -0.3 is 5.11 Å². The summed E-state index contributed by atoms with van der Waals surface area (Å²) in [5, 5.41) is 19.4. The normalized spacial score (nSPS) is 11.5. The quantitative estimate of drug-likeness (QED) is 0.776. The second-order valence-electron chi connectivity index (χ2n) is 5.73. The first-order valence-electron chi connectivity index (χ1n) is 7.14. The van der Waals surface area contributed by atoms with Crippen molar-refractivity contribution in [3.8, 4) is 11.4 Å². The molecule has 0 aliphatic rings. The van der Waals surface area contributed by atoms with Gasteiger partial charge >= 0.3 is 0 Å². The first kappa shape index (κ1) is 13.6. The molecular weight excluding hydrogens is 262 g/mol. The molecule has 1 heterocycles. The summed E-state index contributed by atoms with van der Waals surface area (Å²) in [6, 6.07) is 9.64. The average Bonchev–Trinajstić information content (AvgIpc) is 2.86. The van der Waals surface area contributed by atoms with E-state index in [1.807, 2.05) is 37.3 Å². The van der Waals surface area contributed by atoms with Gasteiger partial charge in [0.05, 0.1) is 0 Å². The second-order valence-corrected chi connectivity index (χ2v) is 5.73. The zero-order valence-corrected chi connectivity index (χ0v) is 12.8. The molecule has 3 aromatic rings. The van der Waals surface area contributed by atoms with Gasteiger partial charge in [0.1, 0.15) is 22.5 Å². The van der Waals surface area contributed by atoms with Crippen LogP contribution in [-0.4, -0.2) is 20.1 Å². The number of hydrogen-bond donors (Lipinski definition) is 1. The Kier molecular flexibility index (Phi) is 3.16. The Morgan fingerprint density at radius 3 is 2.14 bits per heavy atom. The molecule has 0 bridgehead atoms. The molecule has 0 fully saturated rings. The lowest BCUT2D eigenvalue weighted by Crippen LogP contribution is -2.04. The standard InChI is InChI=1S/C17H19N3O/c1-10(2)16-11(3)9-15(17(21)12(16)4)20-18-13-7-5-6-8-14(13)19-20/h5-10,21H,1-4H3. The van der Waals surface area contributed by atoms with Crippen LogP contribution in [0, 0.1) is 13.8 Å². The van der Waals surface area contributed by atoms with Gasteiger partial charge in [0.2, 0.25) is 0 Å². The van der Waals surface area contributed by atoms with Gasteiger partial charge in [-0.1, -0.05) is 26.0 Å². The van der Waals surface area contributed by atoms with Crippen LogP contribution in [0.3, 0.4) is 0 Å². The largest absolute Gasteiger partial charge is 0.505 e. The monoisotopic (exact) mass is 281 g/mol. The number of aromatic nitrogens is 3. The number of phenolic OH excluding ortho intramolecular Hbond substituents is 1. The number of aromatic hydroxyl groups is 1. The van der Waals surface area contributed by atoms with Crippen LogP contribution in [0.15, 0.2) is 30.3 Å². The van der Waals surface area contributed by atoms with Crippen molar-refractivity contribution >= 4 is 11.0 Å². The molecule has 0 radical (unpaired) electrons. The van der Waals surface area contributed by atoms with Gasteiger partial charge in [0.25, 0.3) is 0 Å². The fraction of sp³-hybridized carbons (Fsp3) is 0.294. The second kappa shape index (κ2) is 4.88. The van der Waals surface area contributed by atoms with Crippen molar-refractivity contribution in [3.63, 3.8) is 0 Å². The predicted molar refractivity (Wildman–Crippen MR) is 84.1 cm³/mol. The summed E-state index contributed by atoms with van der Waals surface area (Å²) in [5.41, 5.74) is 5.51. The minimum absolute atomic E-state index is 0.254. The highest BCUT2D eigenvalue weighted by Gasteiger charge is 2.17.